The number of nitrogens with one attached hydrogen (secondary N) is 1. The van der Waals surface area contributed by atoms with Gasteiger partial charge in [0.1, 0.15) is 6.10 Å². The number of nitrogens with zero attached hydrogens (tertiary/aromatic N) is 1. The van der Waals surface area contributed by atoms with Crippen LogP contribution in [0.4, 0.5) is 0 Å². The molecule has 0 radical (unpaired) electrons. The Morgan fingerprint density at radius 3 is 2.86 bits per heavy atom. The fraction of sp³-hybridized carbons (Fsp3) is 0.667. The maximum atomic E-state index is 6.07. The lowest BCUT2D eigenvalue weighted by Gasteiger charge is -2.34. The van der Waals surface area contributed by atoms with Crippen LogP contribution in [-0.2, 0) is 4.74 Å². The Morgan fingerprint density at radius 2 is 2.10 bits per heavy atom. The number of rotatable bonds is 4. The van der Waals surface area contributed by atoms with Gasteiger partial charge in [0.25, 0.3) is 0 Å². The van der Waals surface area contributed by atoms with Gasteiger partial charge in [-0.25, -0.2) is 4.98 Å². The van der Waals surface area contributed by atoms with Crippen molar-refractivity contribution >= 4 is 23.5 Å². The van der Waals surface area contributed by atoms with Gasteiger partial charge in [0.05, 0.1) is 19.3 Å². The first-order valence-electron chi connectivity index (χ1n) is 7.49. The molecule has 0 aliphatic carbocycles. The second-order valence-electron chi connectivity index (χ2n) is 5.31. The van der Waals surface area contributed by atoms with E-state index in [9.17, 15) is 0 Å². The Balaban J connectivity index is 1.58. The van der Waals surface area contributed by atoms with Crippen LogP contribution in [0.1, 0.15) is 6.42 Å². The summed E-state index contributed by atoms with van der Waals surface area (Å²) in [7, 11) is 0. The van der Waals surface area contributed by atoms with E-state index < -0.39 is 0 Å². The molecule has 6 heteroatoms. The van der Waals surface area contributed by atoms with Gasteiger partial charge >= 0.3 is 0 Å². The summed E-state index contributed by atoms with van der Waals surface area (Å²) >= 11 is 4.08. The second-order valence-corrected chi connectivity index (χ2v) is 7.61. The fourth-order valence-electron chi connectivity index (χ4n) is 2.60. The van der Waals surface area contributed by atoms with E-state index in [2.05, 4.69) is 10.3 Å². The van der Waals surface area contributed by atoms with Gasteiger partial charge in [-0.1, -0.05) is 6.07 Å². The van der Waals surface area contributed by atoms with Crippen molar-refractivity contribution < 1.29 is 9.47 Å². The van der Waals surface area contributed by atoms with E-state index in [1.165, 1.54) is 23.0 Å². The third kappa shape index (κ3) is 4.77. The van der Waals surface area contributed by atoms with Gasteiger partial charge in [-0.05, 0) is 6.07 Å². The molecule has 116 valence electrons. The minimum absolute atomic E-state index is 0.145. The molecule has 21 heavy (non-hydrogen) atoms. The van der Waals surface area contributed by atoms with E-state index in [4.69, 9.17) is 9.47 Å². The summed E-state index contributed by atoms with van der Waals surface area (Å²) < 4.78 is 11.7. The van der Waals surface area contributed by atoms with Crippen LogP contribution in [0.2, 0.25) is 0 Å². The van der Waals surface area contributed by atoms with Crippen LogP contribution in [0.3, 0.4) is 0 Å². The average molecular weight is 326 g/mol. The van der Waals surface area contributed by atoms with Crippen LogP contribution in [0.25, 0.3) is 0 Å². The van der Waals surface area contributed by atoms with Crippen molar-refractivity contribution in [1.29, 1.82) is 0 Å². The zero-order valence-corrected chi connectivity index (χ0v) is 13.7. The highest BCUT2D eigenvalue weighted by molar-refractivity contribution is 8.03. The van der Waals surface area contributed by atoms with Gasteiger partial charge in [-0.15, -0.1) is 0 Å². The normalized spacial score (nSPS) is 28.0. The number of ether oxygens (including phenoxy) is 2. The van der Waals surface area contributed by atoms with Gasteiger partial charge < -0.3 is 14.8 Å². The zero-order valence-electron chi connectivity index (χ0n) is 12.1. The van der Waals surface area contributed by atoms with Gasteiger partial charge in [0, 0.05) is 47.7 Å². The first-order valence-corrected chi connectivity index (χ1v) is 9.80. The molecule has 2 saturated heterocycles. The van der Waals surface area contributed by atoms with Crippen LogP contribution in [0.15, 0.2) is 24.4 Å². The standard InChI is InChI=1S/C15H22N2O2S2/c1-2-5-16-15(3-1)19-14-4-6-18-9-13(14)17-12-10-20-7-8-21-11-12/h1-3,5,12-14,17H,4,6-11H2/t13-,14-/m1/s1. The van der Waals surface area contributed by atoms with Crippen molar-refractivity contribution in [2.45, 2.75) is 24.6 Å². The van der Waals surface area contributed by atoms with Crippen LogP contribution < -0.4 is 10.1 Å². The van der Waals surface area contributed by atoms with Crippen LogP contribution in [0.5, 0.6) is 5.88 Å². The van der Waals surface area contributed by atoms with E-state index in [0.717, 1.165) is 19.6 Å². The molecule has 2 aliphatic heterocycles. The minimum atomic E-state index is 0.145. The third-order valence-corrected chi connectivity index (χ3v) is 6.18. The Kier molecular flexibility index (Phi) is 6.09. The predicted molar refractivity (Wildman–Crippen MR) is 89.5 cm³/mol. The van der Waals surface area contributed by atoms with Crippen molar-refractivity contribution in [2.75, 3.05) is 36.2 Å². The van der Waals surface area contributed by atoms with Crippen molar-refractivity contribution in [3.8, 4) is 5.88 Å². The molecule has 1 aromatic rings. The predicted octanol–water partition coefficient (Wildman–Crippen LogP) is 2.06. The number of hydrogen-bond donors (Lipinski definition) is 1. The molecular weight excluding hydrogens is 304 g/mol. The number of hydrogen-bond acceptors (Lipinski definition) is 6. The Morgan fingerprint density at radius 1 is 1.24 bits per heavy atom. The van der Waals surface area contributed by atoms with Crippen molar-refractivity contribution in [2.24, 2.45) is 0 Å². The molecule has 2 fully saturated rings. The third-order valence-electron chi connectivity index (χ3n) is 3.66. The molecular formula is C15H22N2O2S2. The Labute approximate surface area is 134 Å². The van der Waals surface area contributed by atoms with E-state index >= 15 is 0 Å². The van der Waals surface area contributed by atoms with E-state index in [-0.39, 0.29) is 12.1 Å². The van der Waals surface area contributed by atoms with Crippen molar-refractivity contribution in [3.05, 3.63) is 24.4 Å². The molecule has 0 spiro atoms. The lowest BCUT2D eigenvalue weighted by atomic mass is 10.1. The lowest BCUT2D eigenvalue weighted by molar-refractivity contribution is -0.00764. The highest BCUT2D eigenvalue weighted by Crippen LogP contribution is 2.20. The molecule has 0 saturated carbocycles. The largest absolute Gasteiger partial charge is 0.472 e. The summed E-state index contributed by atoms with van der Waals surface area (Å²) in [4.78, 5) is 4.27. The second kappa shape index (κ2) is 8.27. The summed E-state index contributed by atoms with van der Waals surface area (Å²) in [5.74, 6) is 5.59. The Hall–Kier alpha value is -0.430. The van der Waals surface area contributed by atoms with E-state index in [1.54, 1.807) is 6.20 Å². The van der Waals surface area contributed by atoms with Gasteiger partial charge in [0.2, 0.25) is 5.88 Å². The molecule has 3 heterocycles. The van der Waals surface area contributed by atoms with Crippen LogP contribution in [-0.4, -0.2) is 59.4 Å². The molecule has 1 N–H and O–H groups in total. The highest BCUT2D eigenvalue weighted by atomic mass is 32.2. The fourth-order valence-corrected chi connectivity index (χ4v) is 5.03. The van der Waals surface area contributed by atoms with Gasteiger partial charge in [-0.3, -0.25) is 0 Å². The van der Waals surface area contributed by atoms with Gasteiger partial charge in [0.15, 0.2) is 0 Å². The maximum Gasteiger partial charge on any atom is 0.213 e. The molecule has 2 atom stereocenters. The summed E-state index contributed by atoms with van der Waals surface area (Å²) in [6.07, 6.45) is 2.84. The lowest BCUT2D eigenvalue weighted by Crippen LogP contribution is -2.54. The van der Waals surface area contributed by atoms with E-state index in [1.807, 2.05) is 41.7 Å². The number of pyridine rings is 1. The molecule has 0 amide bonds. The van der Waals surface area contributed by atoms with Crippen LogP contribution in [0, 0.1) is 0 Å². The first-order chi connectivity index (χ1) is 10.4. The molecule has 2 aliphatic rings. The summed E-state index contributed by atoms with van der Waals surface area (Å²) in [6, 6.07) is 6.59. The molecule has 4 nitrogen and oxygen atoms in total. The van der Waals surface area contributed by atoms with Crippen molar-refractivity contribution in [3.63, 3.8) is 0 Å². The summed E-state index contributed by atoms with van der Waals surface area (Å²) in [6.45, 7) is 1.49. The maximum absolute atomic E-state index is 6.07. The molecule has 0 bridgehead atoms. The van der Waals surface area contributed by atoms with Gasteiger partial charge in [-0.2, -0.15) is 23.5 Å². The van der Waals surface area contributed by atoms with Crippen molar-refractivity contribution in [1.82, 2.24) is 10.3 Å². The Bertz CT molecular complexity index is 413. The average Bonchev–Trinajstić information content (AvgIpc) is 2.79. The SMILES string of the molecule is c1ccc(O[C@@H]2CCOC[C@H]2NC2CSCCSC2)nc1. The summed E-state index contributed by atoms with van der Waals surface area (Å²) in [5.41, 5.74) is 0. The number of aromatic nitrogens is 1. The molecule has 0 aromatic carbocycles. The first kappa shape index (κ1) is 15.5. The van der Waals surface area contributed by atoms with Crippen LogP contribution >= 0.6 is 23.5 Å². The zero-order chi connectivity index (χ0) is 14.3. The molecule has 1 aromatic heterocycles. The quantitative estimate of drug-likeness (QED) is 0.914. The molecule has 3 rings (SSSR count). The highest BCUT2D eigenvalue weighted by Gasteiger charge is 2.30. The number of thioether (sulfide) groups is 2. The smallest absolute Gasteiger partial charge is 0.213 e. The molecule has 0 unspecified atom stereocenters. The van der Waals surface area contributed by atoms with E-state index in [0.29, 0.717) is 11.9 Å². The monoisotopic (exact) mass is 326 g/mol. The summed E-state index contributed by atoms with van der Waals surface area (Å²) in [5, 5.41) is 3.75. The topological polar surface area (TPSA) is 43.4 Å². The minimum Gasteiger partial charge on any atom is -0.472 e.